The number of nitrogens with zero attached hydrogens (tertiary/aromatic N) is 5. The average molecular weight is 415 g/mol. The molecular formula is C19H19ClN6O3. The molecule has 0 atom stereocenters. The number of hydrogen-bond acceptors (Lipinski definition) is 5. The Morgan fingerprint density at radius 3 is 2.48 bits per heavy atom. The van der Waals surface area contributed by atoms with Crippen molar-refractivity contribution >= 4 is 23.4 Å². The van der Waals surface area contributed by atoms with Gasteiger partial charge in [-0.3, -0.25) is 19.1 Å². The monoisotopic (exact) mass is 414 g/mol. The lowest BCUT2D eigenvalue weighted by atomic mass is 10.1. The molecule has 0 aliphatic heterocycles. The summed E-state index contributed by atoms with van der Waals surface area (Å²) in [5.74, 6) is -0.960. The van der Waals surface area contributed by atoms with Crippen LogP contribution < -0.4 is 10.9 Å². The minimum absolute atomic E-state index is 0.139. The summed E-state index contributed by atoms with van der Waals surface area (Å²) in [7, 11) is 4.86. The summed E-state index contributed by atoms with van der Waals surface area (Å²) in [6, 6.07) is 8.25. The van der Waals surface area contributed by atoms with Gasteiger partial charge in [0.05, 0.1) is 24.6 Å². The van der Waals surface area contributed by atoms with Crippen LogP contribution in [0, 0.1) is 0 Å². The normalized spacial score (nSPS) is 10.6. The lowest BCUT2D eigenvalue weighted by molar-refractivity contribution is -0.127. The Hall–Kier alpha value is -3.46. The second-order valence-corrected chi connectivity index (χ2v) is 6.95. The number of nitrogens with one attached hydrogen (secondary N) is 1. The predicted octanol–water partition coefficient (Wildman–Crippen LogP) is 1.10. The minimum atomic E-state index is -0.666. The predicted molar refractivity (Wildman–Crippen MR) is 108 cm³/mol. The molecule has 2 aromatic heterocycles. The number of benzene rings is 1. The van der Waals surface area contributed by atoms with E-state index in [2.05, 4.69) is 15.5 Å². The number of aryl methyl sites for hydroxylation is 1. The maximum absolute atomic E-state index is 12.9. The van der Waals surface area contributed by atoms with Gasteiger partial charge in [-0.2, -0.15) is 14.9 Å². The zero-order valence-corrected chi connectivity index (χ0v) is 16.8. The fourth-order valence-electron chi connectivity index (χ4n) is 2.52. The van der Waals surface area contributed by atoms with E-state index in [9.17, 15) is 14.4 Å². The van der Waals surface area contributed by atoms with Crippen molar-refractivity contribution < 1.29 is 9.59 Å². The first-order valence-electron chi connectivity index (χ1n) is 8.64. The number of rotatable bonds is 5. The third-order valence-corrected chi connectivity index (χ3v) is 4.38. The molecule has 150 valence electrons. The molecule has 0 fully saturated rings. The number of carbonyl (C=O) groups is 2. The molecule has 10 heteroatoms. The van der Waals surface area contributed by atoms with Crippen LogP contribution in [-0.4, -0.2) is 56.9 Å². The van der Waals surface area contributed by atoms with E-state index in [0.717, 1.165) is 4.68 Å². The molecule has 3 rings (SSSR count). The van der Waals surface area contributed by atoms with Gasteiger partial charge >= 0.3 is 0 Å². The van der Waals surface area contributed by atoms with Gasteiger partial charge in [-0.25, -0.2) is 0 Å². The highest BCUT2D eigenvalue weighted by atomic mass is 35.5. The van der Waals surface area contributed by atoms with E-state index in [-0.39, 0.29) is 18.0 Å². The van der Waals surface area contributed by atoms with E-state index in [1.807, 2.05) is 0 Å². The molecule has 0 bridgehead atoms. The van der Waals surface area contributed by atoms with E-state index in [4.69, 9.17) is 11.6 Å². The van der Waals surface area contributed by atoms with E-state index in [1.165, 1.54) is 21.8 Å². The molecule has 0 unspecified atom stereocenters. The van der Waals surface area contributed by atoms with Crippen LogP contribution >= 0.6 is 11.6 Å². The number of amides is 2. The van der Waals surface area contributed by atoms with E-state index < -0.39 is 11.5 Å². The van der Waals surface area contributed by atoms with Gasteiger partial charge in [-0.15, -0.1) is 0 Å². The summed E-state index contributed by atoms with van der Waals surface area (Å²) in [5, 5.41) is 11.5. The van der Waals surface area contributed by atoms with Crippen molar-refractivity contribution in [2.24, 2.45) is 7.05 Å². The topological polar surface area (TPSA) is 102 Å². The van der Waals surface area contributed by atoms with E-state index in [0.29, 0.717) is 22.0 Å². The van der Waals surface area contributed by atoms with Crippen molar-refractivity contribution in [2.45, 2.75) is 0 Å². The van der Waals surface area contributed by atoms with Gasteiger partial charge in [-0.1, -0.05) is 23.7 Å². The van der Waals surface area contributed by atoms with Crippen LogP contribution in [-0.2, 0) is 11.8 Å². The maximum Gasteiger partial charge on any atom is 0.284 e. The highest BCUT2D eigenvalue weighted by Crippen LogP contribution is 2.20. The third-order valence-electron chi connectivity index (χ3n) is 4.13. The Morgan fingerprint density at radius 2 is 1.90 bits per heavy atom. The molecule has 29 heavy (non-hydrogen) atoms. The second kappa shape index (κ2) is 8.27. The van der Waals surface area contributed by atoms with Crippen LogP contribution in [0.3, 0.4) is 0 Å². The molecule has 0 spiro atoms. The summed E-state index contributed by atoms with van der Waals surface area (Å²) in [5.41, 5.74) is 0.720. The molecule has 0 saturated heterocycles. The van der Waals surface area contributed by atoms with Crippen molar-refractivity contribution in [3.05, 3.63) is 63.7 Å². The summed E-state index contributed by atoms with van der Waals surface area (Å²) >= 11 is 5.95. The summed E-state index contributed by atoms with van der Waals surface area (Å²) < 4.78 is 2.63. The number of carbonyl (C=O) groups excluding carboxylic acids is 2. The van der Waals surface area contributed by atoms with Crippen LogP contribution in [0.25, 0.3) is 16.9 Å². The first-order valence-corrected chi connectivity index (χ1v) is 9.01. The Balaban J connectivity index is 2.08. The Bertz CT molecular complexity index is 1120. The van der Waals surface area contributed by atoms with Gasteiger partial charge in [-0.05, 0) is 18.2 Å². The van der Waals surface area contributed by atoms with Gasteiger partial charge in [0.25, 0.3) is 11.5 Å². The average Bonchev–Trinajstić information content (AvgIpc) is 3.12. The number of likely N-dealkylation sites (N-methyl/N-ethyl adjacent to an activating group) is 1. The fourth-order valence-corrected chi connectivity index (χ4v) is 2.65. The molecule has 2 amide bonds. The SMILES string of the molecule is CN(C)C(=O)CNC(=O)c1cc(-c2ccc(Cl)cc2)nn(-c2cnn(C)c2)c1=O. The molecule has 1 aromatic carbocycles. The van der Waals surface area contributed by atoms with E-state index in [1.54, 1.807) is 51.6 Å². The highest BCUT2D eigenvalue weighted by Gasteiger charge is 2.19. The van der Waals surface area contributed by atoms with Crippen LogP contribution in [0.2, 0.25) is 5.02 Å². The lowest BCUT2D eigenvalue weighted by Gasteiger charge is -2.12. The molecule has 0 radical (unpaired) electrons. The maximum atomic E-state index is 12.9. The second-order valence-electron chi connectivity index (χ2n) is 6.51. The standard InChI is InChI=1S/C19H19ClN6O3/c1-24(2)17(27)10-21-18(28)15-8-16(12-4-6-13(20)7-5-12)23-26(19(15)29)14-9-22-25(3)11-14/h4-9,11H,10H2,1-3H3,(H,21,28). The molecule has 0 saturated carbocycles. The smallest absolute Gasteiger partial charge is 0.284 e. The number of halogens is 1. The third kappa shape index (κ3) is 4.52. The van der Waals surface area contributed by atoms with Crippen LogP contribution in [0.5, 0.6) is 0 Å². The van der Waals surface area contributed by atoms with Gasteiger partial charge in [0.15, 0.2) is 0 Å². The molecule has 2 heterocycles. The highest BCUT2D eigenvalue weighted by molar-refractivity contribution is 6.30. The van der Waals surface area contributed by atoms with Crippen LogP contribution in [0.15, 0.2) is 47.5 Å². The molecule has 3 aromatic rings. The summed E-state index contributed by atoms with van der Waals surface area (Å²) in [4.78, 5) is 38.7. The van der Waals surface area contributed by atoms with Crippen molar-refractivity contribution in [1.29, 1.82) is 0 Å². The molecule has 0 aliphatic rings. The van der Waals surface area contributed by atoms with Gasteiger partial charge in [0.2, 0.25) is 5.91 Å². The summed E-state index contributed by atoms with van der Waals surface area (Å²) in [6.07, 6.45) is 3.08. The van der Waals surface area contributed by atoms with Crippen LogP contribution in [0.4, 0.5) is 0 Å². The van der Waals surface area contributed by atoms with Crippen molar-refractivity contribution in [3.63, 3.8) is 0 Å². The fraction of sp³-hybridized carbons (Fsp3) is 0.211. The number of aromatic nitrogens is 4. The van der Waals surface area contributed by atoms with Gasteiger partial charge < -0.3 is 10.2 Å². The van der Waals surface area contributed by atoms with Crippen molar-refractivity contribution in [1.82, 2.24) is 29.8 Å². The van der Waals surface area contributed by atoms with E-state index >= 15 is 0 Å². The molecule has 1 N–H and O–H groups in total. The van der Waals surface area contributed by atoms with Crippen LogP contribution in [0.1, 0.15) is 10.4 Å². The quantitative estimate of drug-likeness (QED) is 0.673. The van der Waals surface area contributed by atoms with Gasteiger partial charge in [0.1, 0.15) is 11.3 Å². The molecule has 9 nitrogen and oxygen atoms in total. The van der Waals surface area contributed by atoms with Crippen molar-refractivity contribution in [2.75, 3.05) is 20.6 Å². The first kappa shape index (κ1) is 20.3. The zero-order chi connectivity index (χ0) is 21.1. The molecule has 0 aliphatic carbocycles. The Labute approximate surface area is 171 Å². The van der Waals surface area contributed by atoms with Crippen molar-refractivity contribution in [3.8, 4) is 16.9 Å². The Morgan fingerprint density at radius 1 is 1.21 bits per heavy atom. The minimum Gasteiger partial charge on any atom is -0.347 e. The zero-order valence-electron chi connectivity index (χ0n) is 16.1. The lowest BCUT2D eigenvalue weighted by Crippen LogP contribution is -2.39. The summed E-state index contributed by atoms with van der Waals surface area (Å²) in [6.45, 7) is -0.225. The Kier molecular flexibility index (Phi) is 5.79. The molecular weight excluding hydrogens is 396 g/mol. The number of hydrogen-bond donors (Lipinski definition) is 1. The largest absolute Gasteiger partial charge is 0.347 e. The van der Waals surface area contributed by atoms with Gasteiger partial charge in [0, 0.05) is 31.7 Å². The first-order chi connectivity index (χ1) is 13.8.